The molecule has 3 aromatic carbocycles. The van der Waals surface area contributed by atoms with Gasteiger partial charge in [0.05, 0.1) is 12.1 Å². The molecular weight excluding hydrogens is 528 g/mol. The van der Waals surface area contributed by atoms with E-state index in [9.17, 15) is 23.5 Å². The van der Waals surface area contributed by atoms with Gasteiger partial charge in [-0.1, -0.05) is 31.2 Å². The molecule has 0 aliphatic carbocycles. The fourth-order valence-corrected chi connectivity index (χ4v) is 4.98. The molecule has 4 rings (SSSR count). The number of aliphatic hydroxyl groups is 1. The van der Waals surface area contributed by atoms with E-state index in [0.717, 1.165) is 23.6 Å². The average Bonchev–Trinajstić information content (AvgIpc) is 3.26. The van der Waals surface area contributed by atoms with Crippen molar-refractivity contribution in [1.29, 1.82) is 0 Å². The molecule has 3 N–H and O–H groups in total. The number of carbonyl (C=O) groups excluding carboxylic acids is 2. The van der Waals surface area contributed by atoms with Crippen LogP contribution in [0.2, 0.25) is 0 Å². The van der Waals surface area contributed by atoms with E-state index < -0.39 is 35.8 Å². The summed E-state index contributed by atoms with van der Waals surface area (Å²) in [6, 6.07) is 15.5. The summed E-state index contributed by atoms with van der Waals surface area (Å²) < 4.78 is 33.6. The maximum atomic E-state index is 13.9. The van der Waals surface area contributed by atoms with Crippen molar-refractivity contribution in [3.05, 3.63) is 100 Å². The number of aliphatic hydroxyl groups excluding tert-OH is 1. The first-order valence-corrected chi connectivity index (χ1v) is 14.0. The summed E-state index contributed by atoms with van der Waals surface area (Å²) in [7, 11) is 0. The Morgan fingerprint density at radius 1 is 1.02 bits per heavy atom. The van der Waals surface area contributed by atoms with E-state index in [1.165, 1.54) is 17.7 Å². The number of fused-ring (bicyclic) bond motifs is 1. The Hall–Kier alpha value is -3.82. The second-order valence-corrected chi connectivity index (χ2v) is 10.4. The van der Waals surface area contributed by atoms with Gasteiger partial charge in [0, 0.05) is 37.8 Å². The van der Waals surface area contributed by atoms with Gasteiger partial charge in [0.1, 0.15) is 17.4 Å². The van der Waals surface area contributed by atoms with E-state index in [2.05, 4.69) is 23.6 Å². The van der Waals surface area contributed by atoms with Gasteiger partial charge in [0.2, 0.25) is 0 Å². The van der Waals surface area contributed by atoms with Gasteiger partial charge in [0.25, 0.3) is 11.8 Å². The number of nitrogens with one attached hydrogen (secondary N) is 2. The van der Waals surface area contributed by atoms with Crippen LogP contribution in [0.1, 0.15) is 53.4 Å². The normalized spacial score (nSPS) is 14.9. The zero-order chi connectivity index (χ0) is 29.5. The van der Waals surface area contributed by atoms with Gasteiger partial charge in [-0.2, -0.15) is 0 Å². The predicted octanol–water partition coefficient (Wildman–Crippen LogP) is 4.15. The second kappa shape index (κ2) is 13.7. The van der Waals surface area contributed by atoms with Crippen LogP contribution in [0, 0.1) is 11.6 Å². The Kier molecular flexibility index (Phi) is 10.1. The molecule has 0 fully saturated rings. The molecule has 218 valence electrons. The fourth-order valence-electron chi connectivity index (χ4n) is 4.98. The lowest BCUT2D eigenvalue weighted by Crippen LogP contribution is -2.51. The maximum absolute atomic E-state index is 13.9. The number of rotatable bonds is 13. The highest BCUT2D eigenvalue weighted by atomic mass is 19.1. The third-order valence-corrected chi connectivity index (χ3v) is 7.27. The number of nitrogens with zero attached hydrogens (tertiary/aromatic N) is 1. The van der Waals surface area contributed by atoms with E-state index in [1.807, 2.05) is 25.1 Å². The molecule has 3 atom stereocenters. The van der Waals surface area contributed by atoms with Gasteiger partial charge >= 0.3 is 0 Å². The highest BCUT2D eigenvalue weighted by Gasteiger charge is 2.28. The van der Waals surface area contributed by atoms with Crippen molar-refractivity contribution in [1.82, 2.24) is 15.5 Å². The van der Waals surface area contributed by atoms with Gasteiger partial charge in [-0.25, -0.2) is 8.78 Å². The summed E-state index contributed by atoms with van der Waals surface area (Å²) >= 11 is 0. The van der Waals surface area contributed by atoms with Crippen molar-refractivity contribution >= 4 is 11.8 Å². The predicted molar refractivity (Wildman–Crippen MR) is 152 cm³/mol. The van der Waals surface area contributed by atoms with Crippen molar-refractivity contribution in [2.75, 3.05) is 13.1 Å². The van der Waals surface area contributed by atoms with E-state index in [-0.39, 0.29) is 18.9 Å². The Morgan fingerprint density at radius 2 is 1.76 bits per heavy atom. The molecule has 0 aromatic heterocycles. The molecule has 0 radical (unpaired) electrons. The number of halogens is 2. The fraction of sp³-hybridized carbons (Fsp3) is 0.375. The van der Waals surface area contributed by atoms with Crippen molar-refractivity contribution in [3.8, 4) is 5.75 Å². The molecule has 9 heteroatoms. The van der Waals surface area contributed by atoms with E-state index >= 15 is 0 Å². The molecule has 1 heterocycles. The lowest BCUT2D eigenvalue weighted by Gasteiger charge is -2.26. The zero-order valence-corrected chi connectivity index (χ0v) is 23.6. The average molecular weight is 566 g/mol. The summed E-state index contributed by atoms with van der Waals surface area (Å²) in [6.07, 6.45) is -1.07. The van der Waals surface area contributed by atoms with Crippen LogP contribution in [0.4, 0.5) is 8.78 Å². The first kappa shape index (κ1) is 30.1. The zero-order valence-electron chi connectivity index (χ0n) is 23.6. The minimum absolute atomic E-state index is 0.00904. The van der Waals surface area contributed by atoms with Crippen molar-refractivity contribution in [3.63, 3.8) is 0 Å². The van der Waals surface area contributed by atoms with E-state index in [4.69, 9.17) is 4.74 Å². The third-order valence-electron chi connectivity index (χ3n) is 7.27. The summed E-state index contributed by atoms with van der Waals surface area (Å²) in [6.45, 7) is 7.30. The number of benzene rings is 3. The van der Waals surface area contributed by atoms with Crippen molar-refractivity contribution in [2.45, 2.75) is 65.0 Å². The largest absolute Gasteiger partial charge is 0.481 e. The first-order chi connectivity index (χ1) is 19.7. The highest BCUT2D eigenvalue weighted by Crippen LogP contribution is 2.27. The molecule has 7 nitrogen and oxygen atoms in total. The Balaban J connectivity index is 1.42. The summed E-state index contributed by atoms with van der Waals surface area (Å²) in [5.74, 6) is -1.55. The monoisotopic (exact) mass is 565 g/mol. The standard InChI is InChI=1S/C32H37F2N3O4/c1-4-21-7-6-8-22(11-21)17-35-18-30(38)29(14-23-12-25(33)16-26(34)13-23)36-31(39)20(3)41-27-9-10-28-24(15-27)19-37(5-2)32(28)40/h6-13,15-16,20,29-30,35,38H,4-5,14,17-19H2,1-3H3,(H,36,39)/t20?,29-,30+/m0/s1. The molecule has 3 aromatic rings. The molecule has 0 saturated carbocycles. The molecule has 2 amide bonds. The molecule has 1 aliphatic heterocycles. The molecular formula is C32H37F2N3O4. The van der Waals surface area contributed by atoms with Gasteiger partial charge in [-0.3, -0.25) is 9.59 Å². The van der Waals surface area contributed by atoms with Crippen LogP contribution in [0.5, 0.6) is 5.75 Å². The number of hydrogen-bond donors (Lipinski definition) is 3. The number of aryl methyl sites for hydroxylation is 1. The SMILES string of the molecule is CCc1cccc(CNC[C@@H](O)[C@H](Cc2cc(F)cc(F)c2)NC(=O)C(C)Oc2ccc3c(c2)CN(CC)C3=O)c1. The smallest absolute Gasteiger partial charge is 0.261 e. The summed E-state index contributed by atoms with van der Waals surface area (Å²) in [4.78, 5) is 27.3. The molecule has 1 unspecified atom stereocenters. The lowest BCUT2D eigenvalue weighted by molar-refractivity contribution is -0.128. The van der Waals surface area contributed by atoms with Crippen LogP contribution < -0.4 is 15.4 Å². The van der Waals surface area contributed by atoms with Crippen LogP contribution in [0.25, 0.3) is 0 Å². The minimum Gasteiger partial charge on any atom is -0.481 e. The van der Waals surface area contributed by atoms with Gasteiger partial charge < -0.3 is 25.4 Å². The second-order valence-electron chi connectivity index (χ2n) is 10.4. The molecule has 0 spiro atoms. The van der Waals surface area contributed by atoms with Crippen LogP contribution in [-0.2, 0) is 30.7 Å². The first-order valence-electron chi connectivity index (χ1n) is 14.0. The van der Waals surface area contributed by atoms with Gasteiger partial charge in [-0.15, -0.1) is 0 Å². The van der Waals surface area contributed by atoms with Gasteiger partial charge in [-0.05, 0) is 79.3 Å². The van der Waals surface area contributed by atoms with Gasteiger partial charge in [0.15, 0.2) is 6.10 Å². The summed E-state index contributed by atoms with van der Waals surface area (Å²) in [5, 5.41) is 17.1. The Labute approximate surface area is 239 Å². The Bertz CT molecular complexity index is 1360. The number of amides is 2. The molecule has 0 saturated heterocycles. The third kappa shape index (κ3) is 7.89. The number of hydrogen-bond acceptors (Lipinski definition) is 5. The lowest BCUT2D eigenvalue weighted by atomic mass is 10.00. The van der Waals surface area contributed by atoms with E-state index in [0.29, 0.717) is 36.5 Å². The van der Waals surface area contributed by atoms with Crippen LogP contribution in [0.3, 0.4) is 0 Å². The molecule has 0 bridgehead atoms. The maximum Gasteiger partial charge on any atom is 0.261 e. The van der Waals surface area contributed by atoms with Crippen LogP contribution in [0.15, 0.2) is 60.7 Å². The van der Waals surface area contributed by atoms with Crippen molar-refractivity contribution in [2.24, 2.45) is 0 Å². The topological polar surface area (TPSA) is 90.9 Å². The quantitative estimate of drug-likeness (QED) is 0.290. The molecule has 1 aliphatic rings. The van der Waals surface area contributed by atoms with Crippen LogP contribution >= 0.6 is 0 Å². The number of ether oxygens (including phenoxy) is 1. The Morgan fingerprint density at radius 3 is 2.46 bits per heavy atom. The highest BCUT2D eigenvalue weighted by molar-refractivity contribution is 5.98. The summed E-state index contributed by atoms with van der Waals surface area (Å²) in [5.41, 5.74) is 4.02. The van der Waals surface area contributed by atoms with Crippen LogP contribution in [-0.4, -0.2) is 53.2 Å². The van der Waals surface area contributed by atoms with E-state index in [1.54, 1.807) is 30.0 Å². The van der Waals surface area contributed by atoms with Crippen molar-refractivity contribution < 1.29 is 28.2 Å². The number of carbonyl (C=O) groups is 2. The molecule has 41 heavy (non-hydrogen) atoms. The minimum atomic E-state index is -1.06.